The molecule has 1 aromatic heterocycles. The first-order valence-corrected chi connectivity index (χ1v) is 12.2. The van der Waals surface area contributed by atoms with Gasteiger partial charge in [-0.05, 0) is 56.4 Å². The Hall–Kier alpha value is -3.74. The number of likely N-dealkylation sites (tertiary alicyclic amines) is 1. The first kappa shape index (κ1) is 26.9. The van der Waals surface area contributed by atoms with E-state index in [0.29, 0.717) is 29.2 Å². The number of phenolic OH excluding ortho intramolecular Hbond substituents is 1. The molecule has 0 radical (unpaired) electrons. The molecule has 0 spiro atoms. The third-order valence-corrected chi connectivity index (χ3v) is 6.92. The van der Waals surface area contributed by atoms with Gasteiger partial charge in [0.1, 0.15) is 5.75 Å². The van der Waals surface area contributed by atoms with Crippen molar-refractivity contribution in [3.8, 4) is 17.1 Å². The van der Waals surface area contributed by atoms with Gasteiger partial charge in [0.15, 0.2) is 5.82 Å². The van der Waals surface area contributed by atoms with Crippen molar-refractivity contribution >= 4 is 17.5 Å². The van der Waals surface area contributed by atoms with Crippen molar-refractivity contribution in [2.45, 2.75) is 53.5 Å². The molecule has 1 aliphatic heterocycles. The van der Waals surface area contributed by atoms with Crippen LogP contribution in [0.15, 0.2) is 60.9 Å². The molecule has 3 aromatic rings. The minimum Gasteiger partial charge on any atom is -0.506 e. The number of amides is 2. The number of aromatic nitrogens is 2. The summed E-state index contributed by atoms with van der Waals surface area (Å²) in [5.41, 5.74) is 2.58. The number of phenols is 1. The predicted molar refractivity (Wildman–Crippen MR) is 145 cm³/mol. The normalized spacial score (nSPS) is 19.6. The lowest BCUT2D eigenvalue weighted by Crippen LogP contribution is -2.44. The van der Waals surface area contributed by atoms with Gasteiger partial charge in [-0.15, -0.1) is 0 Å². The number of hydrogen-bond acceptors (Lipinski definition) is 5. The van der Waals surface area contributed by atoms with Gasteiger partial charge in [0.25, 0.3) is 5.91 Å². The van der Waals surface area contributed by atoms with E-state index in [0.717, 1.165) is 24.8 Å². The Morgan fingerprint density at radius 3 is 2.53 bits per heavy atom. The van der Waals surface area contributed by atoms with Gasteiger partial charge < -0.3 is 15.3 Å². The van der Waals surface area contributed by atoms with E-state index in [1.807, 2.05) is 30.0 Å². The van der Waals surface area contributed by atoms with Crippen molar-refractivity contribution in [2.75, 3.05) is 11.9 Å². The standard InChI is InChI=1S/C28H32N4O3.CH4.H2/c1-4-20-12-11-19(3)23(27(34)31-24-8-5-6-9-25(24)33)17-32(20)28(35)22-16-18(2)10-13-21(22)26-29-14-7-15-30-26;;/h5-10,13-16,19-20,23,33H,4,11-12,17H2,1-3H3,(H,31,34);1H4;1H. The van der Waals surface area contributed by atoms with E-state index in [4.69, 9.17) is 0 Å². The van der Waals surface area contributed by atoms with Gasteiger partial charge in [-0.2, -0.15) is 0 Å². The second-order valence-electron chi connectivity index (χ2n) is 9.31. The third-order valence-electron chi connectivity index (χ3n) is 6.92. The number of nitrogens with zero attached hydrogens (tertiary/aromatic N) is 3. The molecular weight excluding hydrogens is 452 g/mol. The molecule has 2 N–H and O–H groups in total. The van der Waals surface area contributed by atoms with Crippen LogP contribution in [0, 0.1) is 18.8 Å². The van der Waals surface area contributed by atoms with Crippen LogP contribution in [0.5, 0.6) is 5.75 Å². The highest BCUT2D eigenvalue weighted by atomic mass is 16.3. The summed E-state index contributed by atoms with van der Waals surface area (Å²) in [4.78, 5) is 38.0. The summed E-state index contributed by atoms with van der Waals surface area (Å²) in [5, 5.41) is 13.0. The minimum atomic E-state index is -0.406. The lowest BCUT2D eigenvalue weighted by molar-refractivity contribution is -0.121. The number of benzene rings is 2. The highest BCUT2D eigenvalue weighted by Gasteiger charge is 2.37. The topological polar surface area (TPSA) is 95.4 Å². The van der Waals surface area contributed by atoms with E-state index < -0.39 is 5.92 Å². The van der Waals surface area contributed by atoms with Gasteiger partial charge in [0.2, 0.25) is 5.91 Å². The average Bonchev–Trinajstić information content (AvgIpc) is 3.04. The fraction of sp³-hybridized carbons (Fsp3) is 0.379. The number of hydrogen-bond donors (Lipinski definition) is 2. The van der Waals surface area contributed by atoms with E-state index in [2.05, 4.69) is 29.1 Å². The fourth-order valence-electron chi connectivity index (χ4n) is 4.80. The Morgan fingerprint density at radius 1 is 1.11 bits per heavy atom. The molecule has 7 nitrogen and oxygen atoms in total. The van der Waals surface area contributed by atoms with E-state index in [1.165, 1.54) is 0 Å². The fourth-order valence-corrected chi connectivity index (χ4v) is 4.80. The molecule has 0 aliphatic carbocycles. The van der Waals surface area contributed by atoms with Gasteiger partial charge >= 0.3 is 0 Å². The van der Waals surface area contributed by atoms with Crippen LogP contribution in [0.4, 0.5) is 5.69 Å². The maximum atomic E-state index is 14.1. The summed E-state index contributed by atoms with van der Waals surface area (Å²) in [6.45, 7) is 6.40. The highest BCUT2D eigenvalue weighted by Crippen LogP contribution is 2.32. The summed E-state index contributed by atoms with van der Waals surface area (Å²) in [7, 11) is 0. The summed E-state index contributed by atoms with van der Waals surface area (Å²) >= 11 is 0. The minimum absolute atomic E-state index is 0. The molecule has 36 heavy (non-hydrogen) atoms. The molecule has 2 aromatic carbocycles. The molecule has 7 heteroatoms. The number of aryl methyl sites for hydroxylation is 1. The lowest BCUT2D eigenvalue weighted by atomic mass is 9.89. The molecule has 192 valence electrons. The van der Waals surface area contributed by atoms with Gasteiger partial charge in [-0.3, -0.25) is 9.59 Å². The molecule has 1 saturated heterocycles. The molecule has 4 rings (SSSR count). The number of aromatic hydroxyl groups is 1. The van der Waals surface area contributed by atoms with Crippen molar-refractivity contribution < 1.29 is 16.1 Å². The zero-order valence-electron chi connectivity index (χ0n) is 20.4. The number of anilines is 1. The molecule has 1 fully saturated rings. The predicted octanol–water partition coefficient (Wildman–Crippen LogP) is 5.95. The maximum Gasteiger partial charge on any atom is 0.254 e. The molecule has 3 unspecified atom stereocenters. The molecule has 0 saturated carbocycles. The van der Waals surface area contributed by atoms with Crippen LogP contribution in [0.2, 0.25) is 0 Å². The van der Waals surface area contributed by atoms with Crippen LogP contribution >= 0.6 is 0 Å². The molecule has 1 aliphatic rings. The van der Waals surface area contributed by atoms with Gasteiger partial charge in [-0.1, -0.05) is 51.1 Å². The van der Waals surface area contributed by atoms with Crippen LogP contribution in [0.25, 0.3) is 11.4 Å². The maximum absolute atomic E-state index is 14.1. The second-order valence-corrected chi connectivity index (χ2v) is 9.31. The summed E-state index contributed by atoms with van der Waals surface area (Å²) < 4.78 is 0. The van der Waals surface area contributed by atoms with Crippen molar-refractivity contribution in [3.63, 3.8) is 0 Å². The van der Waals surface area contributed by atoms with Crippen LogP contribution in [0.1, 0.15) is 57.9 Å². The molecule has 3 atom stereocenters. The number of rotatable bonds is 5. The van der Waals surface area contributed by atoms with Crippen molar-refractivity contribution in [1.82, 2.24) is 14.9 Å². The largest absolute Gasteiger partial charge is 0.506 e. The highest BCUT2D eigenvalue weighted by molar-refractivity contribution is 6.01. The van der Waals surface area contributed by atoms with Gasteiger partial charge in [0.05, 0.1) is 17.2 Å². The van der Waals surface area contributed by atoms with Crippen LogP contribution < -0.4 is 5.32 Å². The van der Waals surface area contributed by atoms with Gasteiger partial charge in [-0.25, -0.2) is 9.97 Å². The van der Waals surface area contributed by atoms with Crippen LogP contribution in [-0.4, -0.2) is 44.4 Å². The Labute approximate surface area is 215 Å². The molecule has 0 bridgehead atoms. The zero-order chi connectivity index (χ0) is 24.9. The number of carbonyl (C=O) groups is 2. The van der Waals surface area contributed by atoms with E-state index in [9.17, 15) is 14.7 Å². The third kappa shape index (κ3) is 5.73. The van der Waals surface area contributed by atoms with Crippen molar-refractivity contribution in [2.24, 2.45) is 11.8 Å². The molecular formula is C29H38N4O3. The van der Waals surface area contributed by atoms with Crippen LogP contribution in [-0.2, 0) is 4.79 Å². The number of para-hydroxylation sites is 2. The Bertz CT molecular complexity index is 1200. The van der Waals surface area contributed by atoms with E-state index in [1.54, 1.807) is 42.7 Å². The summed E-state index contributed by atoms with van der Waals surface area (Å²) in [5.74, 6) is -0.102. The van der Waals surface area contributed by atoms with Gasteiger partial charge in [0, 0.05) is 32.0 Å². The molecule has 2 heterocycles. The average molecular weight is 491 g/mol. The SMILES string of the molecule is C.CCC1CCC(C)C(C(=O)Nc2ccccc2O)CN1C(=O)c1cc(C)ccc1-c1ncccn1.[HH]. The first-order chi connectivity index (χ1) is 16.9. The summed E-state index contributed by atoms with van der Waals surface area (Å²) in [6.07, 6.45) is 5.79. The number of nitrogens with one attached hydrogen (secondary N) is 1. The lowest BCUT2D eigenvalue weighted by Gasteiger charge is -2.32. The monoisotopic (exact) mass is 490 g/mol. The van der Waals surface area contributed by atoms with Crippen molar-refractivity contribution in [3.05, 3.63) is 72.1 Å². The van der Waals surface area contributed by atoms with E-state index >= 15 is 0 Å². The second kappa shape index (κ2) is 11.8. The van der Waals surface area contributed by atoms with Crippen LogP contribution in [0.3, 0.4) is 0 Å². The Morgan fingerprint density at radius 2 is 1.83 bits per heavy atom. The van der Waals surface area contributed by atoms with E-state index in [-0.39, 0.29) is 38.4 Å². The molecule has 2 amide bonds. The number of carbonyl (C=O) groups excluding carboxylic acids is 2. The summed E-state index contributed by atoms with van der Waals surface area (Å²) in [6, 6.07) is 14.2. The Kier molecular flexibility index (Phi) is 8.80. The quantitative estimate of drug-likeness (QED) is 0.431. The zero-order valence-corrected chi connectivity index (χ0v) is 20.4. The first-order valence-electron chi connectivity index (χ1n) is 12.2. The Balaban J connectivity index is 0.00000241. The van der Waals surface area contributed by atoms with Crippen molar-refractivity contribution in [1.29, 1.82) is 0 Å². The smallest absolute Gasteiger partial charge is 0.254 e.